The van der Waals surface area contributed by atoms with E-state index in [1.54, 1.807) is 6.07 Å². The van der Waals surface area contributed by atoms with E-state index in [9.17, 15) is 13.2 Å². The largest absolute Gasteiger partial charge is 0.369 e. The molecule has 0 aliphatic heterocycles. The Morgan fingerprint density at radius 2 is 1.86 bits per heavy atom. The van der Waals surface area contributed by atoms with Crippen molar-refractivity contribution in [2.24, 2.45) is 0 Å². The average molecular weight is 400 g/mol. The van der Waals surface area contributed by atoms with Crippen molar-refractivity contribution in [2.75, 3.05) is 23.3 Å². The van der Waals surface area contributed by atoms with Crippen LogP contribution < -0.4 is 14.9 Å². The van der Waals surface area contributed by atoms with Gasteiger partial charge in [0.1, 0.15) is 0 Å². The van der Waals surface area contributed by atoms with E-state index >= 15 is 0 Å². The van der Waals surface area contributed by atoms with E-state index in [0.29, 0.717) is 11.7 Å². The number of nitrogens with one attached hydrogen (secondary N) is 2. The lowest BCUT2D eigenvalue weighted by Gasteiger charge is -2.27. The van der Waals surface area contributed by atoms with E-state index in [1.807, 2.05) is 24.3 Å². The molecule has 0 bridgehead atoms. The number of carbonyl (C=O) groups is 1. The van der Waals surface area contributed by atoms with E-state index in [1.165, 1.54) is 18.2 Å². The van der Waals surface area contributed by atoms with Crippen LogP contribution in [0.25, 0.3) is 0 Å². The van der Waals surface area contributed by atoms with Crippen LogP contribution in [0.5, 0.6) is 0 Å². The lowest BCUT2D eigenvalue weighted by Crippen LogP contribution is -2.30. The number of hydrogen-bond acceptors (Lipinski definition) is 4. The van der Waals surface area contributed by atoms with Crippen LogP contribution in [0.15, 0.2) is 53.4 Å². The lowest BCUT2D eigenvalue weighted by atomic mass is 10.2. The van der Waals surface area contributed by atoms with Crippen LogP contribution >= 0.6 is 0 Å². The van der Waals surface area contributed by atoms with Crippen LogP contribution in [0.3, 0.4) is 0 Å². The first kappa shape index (κ1) is 21.5. The molecule has 2 rings (SSSR count). The Hall–Kier alpha value is -2.82. The maximum atomic E-state index is 12.5. The van der Waals surface area contributed by atoms with Gasteiger partial charge >= 0.3 is 0 Å². The van der Waals surface area contributed by atoms with Gasteiger partial charge in [0.05, 0.1) is 11.4 Å². The van der Waals surface area contributed by atoms with Gasteiger partial charge in [-0.05, 0) is 63.2 Å². The van der Waals surface area contributed by atoms with Crippen molar-refractivity contribution >= 4 is 27.3 Å². The van der Waals surface area contributed by atoms with Gasteiger partial charge in [-0.25, -0.2) is 8.42 Å². The molecule has 0 saturated heterocycles. The van der Waals surface area contributed by atoms with Gasteiger partial charge in [0.15, 0.2) is 0 Å². The van der Waals surface area contributed by atoms with Gasteiger partial charge < -0.3 is 10.2 Å². The average Bonchev–Trinajstić information content (AvgIpc) is 2.68. The third-order valence-electron chi connectivity index (χ3n) is 4.19. The molecule has 148 valence electrons. The molecule has 0 spiro atoms. The van der Waals surface area contributed by atoms with Crippen molar-refractivity contribution in [2.45, 2.75) is 31.7 Å². The highest BCUT2D eigenvalue weighted by Crippen LogP contribution is 2.20. The third-order valence-corrected chi connectivity index (χ3v) is 5.59. The monoisotopic (exact) mass is 399 g/mol. The second kappa shape index (κ2) is 9.40. The van der Waals surface area contributed by atoms with Gasteiger partial charge in [-0.15, -0.1) is 6.42 Å². The molecule has 0 fully saturated rings. The maximum Gasteiger partial charge on any atom is 0.255 e. The predicted molar refractivity (Wildman–Crippen MR) is 113 cm³/mol. The molecule has 0 atom stereocenters. The molecule has 1 amide bonds. The summed E-state index contributed by atoms with van der Waals surface area (Å²) in [7, 11) is -3.76. The zero-order valence-electron chi connectivity index (χ0n) is 16.3. The molecule has 0 aliphatic rings. The zero-order valence-corrected chi connectivity index (χ0v) is 17.1. The molecule has 2 aromatic carbocycles. The van der Waals surface area contributed by atoms with E-state index in [2.05, 4.69) is 41.6 Å². The van der Waals surface area contributed by atoms with Gasteiger partial charge in [0, 0.05) is 29.5 Å². The third kappa shape index (κ3) is 5.35. The fourth-order valence-corrected chi connectivity index (χ4v) is 3.79. The number of benzene rings is 2. The molecule has 0 saturated carbocycles. The highest BCUT2D eigenvalue weighted by atomic mass is 32.2. The van der Waals surface area contributed by atoms with Gasteiger partial charge in [-0.3, -0.25) is 4.79 Å². The van der Waals surface area contributed by atoms with Gasteiger partial charge in [0.25, 0.3) is 5.91 Å². The fourth-order valence-electron chi connectivity index (χ4n) is 2.81. The Morgan fingerprint density at radius 3 is 2.43 bits per heavy atom. The van der Waals surface area contributed by atoms with Gasteiger partial charge in [-0.1, -0.05) is 12.0 Å². The second-order valence-corrected chi connectivity index (χ2v) is 8.20. The van der Waals surface area contributed by atoms with Crippen LogP contribution in [0.2, 0.25) is 0 Å². The number of amides is 1. The Labute approximate surface area is 167 Å². The quantitative estimate of drug-likeness (QED) is 0.669. The predicted octanol–water partition coefficient (Wildman–Crippen LogP) is 3.09. The minimum Gasteiger partial charge on any atom is -0.369 e. The molecule has 7 heteroatoms. The van der Waals surface area contributed by atoms with Crippen LogP contribution in [0.4, 0.5) is 11.4 Å². The first-order valence-electron chi connectivity index (χ1n) is 8.99. The number of hydrogen-bond donors (Lipinski definition) is 2. The number of nitrogens with zero attached hydrogens (tertiary/aromatic N) is 1. The molecule has 0 aromatic heterocycles. The molecule has 28 heavy (non-hydrogen) atoms. The Kier molecular flexibility index (Phi) is 7.21. The molecule has 2 aromatic rings. The van der Waals surface area contributed by atoms with Crippen molar-refractivity contribution in [3.05, 3.63) is 54.1 Å². The van der Waals surface area contributed by atoms with Crippen molar-refractivity contribution in [3.8, 4) is 12.3 Å². The Bertz CT molecular complexity index is 961. The summed E-state index contributed by atoms with van der Waals surface area (Å²) in [5.74, 6) is 1.82. The van der Waals surface area contributed by atoms with Crippen LogP contribution in [-0.2, 0) is 10.0 Å². The lowest BCUT2D eigenvalue weighted by molar-refractivity contribution is 0.102. The van der Waals surface area contributed by atoms with E-state index in [-0.39, 0.29) is 17.0 Å². The molecular formula is C21H25N3O3S. The van der Waals surface area contributed by atoms with E-state index < -0.39 is 15.9 Å². The summed E-state index contributed by atoms with van der Waals surface area (Å²) in [5, 5.41) is 2.79. The number of rotatable bonds is 8. The summed E-state index contributed by atoms with van der Waals surface area (Å²) >= 11 is 0. The van der Waals surface area contributed by atoms with Crippen LogP contribution in [0, 0.1) is 12.3 Å². The van der Waals surface area contributed by atoms with Crippen molar-refractivity contribution in [3.63, 3.8) is 0 Å². The van der Waals surface area contributed by atoms with Gasteiger partial charge in [0.2, 0.25) is 10.0 Å². The Balaban J connectivity index is 2.15. The number of carbonyl (C=O) groups excluding carboxylic acids is 1. The van der Waals surface area contributed by atoms with E-state index in [4.69, 9.17) is 6.42 Å². The first-order valence-corrected chi connectivity index (χ1v) is 10.5. The number of anilines is 2. The van der Waals surface area contributed by atoms with Gasteiger partial charge in [-0.2, -0.15) is 4.72 Å². The van der Waals surface area contributed by atoms with Crippen molar-refractivity contribution < 1.29 is 13.2 Å². The van der Waals surface area contributed by atoms with E-state index in [0.717, 1.165) is 12.2 Å². The number of terminal acetylenes is 1. The minimum absolute atomic E-state index is 0.0127. The van der Waals surface area contributed by atoms with Crippen molar-refractivity contribution in [1.29, 1.82) is 0 Å². The normalized spacial score (nSPS) is 11.1. The summed E-state index contributed by atoms with van der Waals surface area (Å²) in [6.07, 6.45) is 5.09. The standard InChI is InChI=1S/C21H25N3O3S/c1-5-14-22-28(26,27)20-9-7-8-17(15-20)21(25)23-18-10-12-19(13-11-18)24(6-2)16(3)4/h1,7-13,15-16,22H,6,14H2,2-4H3,(H,23,25). The molecule has 0 heterocycles. The van der Waals surface area contributed by atoms with Crippen LogP contribution in [0.1, 0.15) is 31.1 Å². The maximum absolute atomic E-state index is 12.5. The summed E-state index contributed by atoms with van der Waals surface area (Å²) in [4.78, 5) is 14.7. The zero-order chi connectivity index (χ0) is 20.7. The topological polar surface area (TPSA) is 78.5 Å². The first-order chi connectivity index (χ1) is 13.3. The summed E-state index contributed by atoms with van der Waals surface area (Å²) in [6.45, 7) is 7.11. The minimum atomic E-state index is -3.76. The molecule has 0 aliphatic carbocycles. The SMILES string of the molecule is C#CCNS(=O)(=O)c1cccc(C(=O)Nc2ccc(N(CC)C(C)C)cc2)c1. The molecule has 0 unspecified atom stereocenters. The van der Waals surface area contributed by atoms with Crippen molar-refractivity contribution in [1.82, 2.24) is 4.72 Å². The number of sulfonamides is 1. The Morgan fingerprint density at radius 1 is 1.18 bits per heavy atom. The second-order valence-electron chi connectivity index (χ2n) is 6.44. The molecule has 6 nitrogen and oxygen atoms in total. The molecular weight excluding hydrogens is 374 g/mol. The smallest absolute Gasteiger partial charge is 0.255 e. The van der Waals surface area contributed by atoms with Crippen LogP contribution in [-0.4, -0.2) is 33.5 Å². The summed E-state index contributed by atoms with van der Waals surface area (Å²) < 4.78 is 26.6. The summed E-state index contributed by atoms with van der Waals surface area (Å²) in [5.41, 5.74) is 1.94. The fraction of sp³-hybridized carbons (Fsp3) is 0.286. The highest BCUT2D eigenvalue weighted by Gasteiger charge is 2.16. The highest BCUT2D eigenvalue weighted by molar-refractivity contribution is 7.89. The molecule has 0 radical (unpaired) electrons. The molecule has 2 N–H and O–H groups in total. The summed E-state index contributed by atoms with van der Waals surface area (Å²) in [6, 6.07) is 13.7.